The minimum atomic E-state index is -0.140. The number of rotatable bonds is 5. The molecular formula is C16H25FN2O. The third kappa shape index (κ3) is 3.57. The van der Waals surface area contributed by atoms with E-state index in [-0.39, 0.29) is 18.0 Å². The number of aryl methyl sites for hydroxylation is 1. The van der Waals surface area contributed by atoms with E-state index in [1.54, 1.807) is 6.07 Å². The minimum Gasteiger partial charge on any atom is -0.374 e. The van der Waals surface area contributed by atoms with E-state index in [1.807, 2.05) is 26.1 Å². The zero-order chi connectivity index (χ0) is 14.5. The third-order valence-electron chi connectivity index (χ3n) is 3.85. The Morgan fingerprint density at radius 2 is 2.25 bits per heavy atom. The number of hydrogen-bond donors (Lipinski definition) is 1. The molecule has 1 aliphatic heterocycles. The van der Waals surface area contributed by atoms with Gasteiger partial charge in [-0.2, -0.15) is 0 Å². The number of likely N-dealkylation sites (N-methyl/N-ethyl adjacent to an activating group) is 1. The second kappa shape index (κ2) is 7.16. The zero-order valence-electron chi connectivity index (χ0n) is 12.7. The highest BCUT2D eigenvalue weighted by Crippen LogP contribution is 2.30. The highest BCUT2D eigenvalue weighted by atomic mass is 19.1. The molecule has 1 saturated heterocycles. The summed E-state index contributed by atoms with van der Waals surface area (Å²) in [5.74, 6) is -0.140. The average molecular weight is 280 g/mol. The van der Waals surface area contributed by atoms with Gasteiger partial charge in [0, 0.05) is 18.7 Å². The zero-order valence-corrected chi connectivity index (χ0v) is 12.7. The molecule has 1 heterocycles. The van der Waals surface area contributed by atoms with E-state index >= 15 is 0 Å². The molecule has 20 heavy (non-hydrogen) atoms. The summed E-state index contributed by atoms with van der Waals surface area (Å²) in [6.07, 6.45) is 1.09. The molecular weight excluding hydrogens is 255 g/mol. The van der Waals surface area contributed by atoms with Crippen molar-refractivity contribution in [1.29, 1.82) is 0 Å². The Kier molecular flexibility index (Phi) is 5.52. The van der Waals surface area contributed by atoms with Crippen molar-refractivity contribution in [1.82, 2.24) is 10.2 Å². The van der Waals surface area contributed by atoms with Crippen LogP contribution in [0.4, 0.5) is 4.39 Å². The number of benzene rings is 1. The highest BCUT2D eigenvalue weighted by Gasteiger charge is 2.32. The Balaban J connectivity index is 2.20. The Bertz CT molecular complexity index is 438. The summed E-state index contributed by atoms with van der Waals surface area (Å²) in [5.41, 5.74) is 1.83. The molecule has 0 aromatic heterocycles. The van der Waals surface area contributed by atoms with E-state index in [0.717, 1.165) is 37.2 Å². The van der Waals surface area contributed by atoms with Crippen molar-refractivity contribution in [3.63, 3.8) is 0 Å². The molecule has 0 amide bonds. The summed E-state index contributed by atoms with van der Waals surface area (Å²) in [4.78, 5) is 2.19. The molecule has 0 saturated carbocycles. The summed E-state index contributed by atoms with van der Waals surface area (Å²) >= 11 is 0. The fourth-order valence-corrected chi connectivity index (χ4v) is 2.78. The number of ether oxygens (including phenoxy) is 1. The first-order valence-electron chi connectivity index (χ1n) is 7.42. The van der Waals surface area contributed by atoms with Gasteiger partial charge in [-0.15, -0.1) is 0 Å². The van der Waals surface area contributed by atoms with Gasteiger partial charge in [-0.05, 0) is 33.0 Å². The lowest BCUT2D eigenvalue weighted by molar-refractivity contribution is -0.0622. The summed E-state index contributed by atoms with van der Waals surface area (Å²) in [5, 5.41) is 3.39. The van der Waals surface area contributed by atoms with Crippen molar-refractivity contribution in [2.45, 2.75) is 32.4 Å². The molecule has 0 bridgehead atoms. The standard InChI is InChI=1S/C16H25FN2O/c1-4-7-18-11-15-16(19(3)8-9-20-15)13-10-12(2)5-6-14(13)17/h5-6,10,15-16,18H,4,7-9,11H2,1-3H3. The van der Waals surface area contributed by atoms with Gasteiger partial charge >= 0.3 is 0 Å². The van der Waals surface area contributed by atoms with Crippen LogP contribution in [0.15, 0.2) is 18.2 Å². The van der Waals surface area contributed by atoms with Gasteiger partial charge in [-0.1, -0.05) is 24.6 Å². The van der Waals surface area contributed by atoms with Gasteiger partial charge < -0.3 is 10.1 Å². The van der Waals surface area contributed by atoms with Crippen molar-refractivity contribution in [2.24, 2.45) is 0 Å². The van der Waals surface area contributed by atoms with Crippen LogP contribution in [0.3, 0.4) is 0 Å². The smallest absolute Gasteiger partial charge is 0.128 e. The first-order chi connectivity index (χ1) is 9.63. The summed E-state index contributed by atoms with van der Waals surface area (Å²) in [6.45, 7) is 7.40. The molecule has 2 rings (SSSR count). The van der Waals surface area contributed by atoms with Gasteiger partial charge in [0.1, 0.15) is 5.82 Å². The molecule has 2 atom stereocenters. The van der Waals surface area contributed by atoms with Gasteiger partial charge in [-0.25, -0.2) is 4.39 Å². The second-order valence-corrected chi connectivity index (χ2v) is 5.56. The quantitative estimate of drug-likeness (QED) is 0.839. The van der Waals surface area contributed by atoms with E-state index in [4.69, 9.17) is 4.74 Å². The van der Waals surface area contributed by atoms with Crippen molar-refractivity contribution in [3.05, 3.63) is 35.1 Å². The predicted octanol–water partition coefficient (Wildman–Crippen LogP) is 2.51. The molecule has 1 N–H and O–H groups in total. The second-order valence-electron chi connectivity index (χ2n) is 5.56. The van der Waals surface area contributed by atoms with Crippen molar-refractivity contribution >= 4 is 0 Å². The van der Waals surface area contributed by atoms with E-state index in [9.17, 15) is 4.39 Å². The summed E-state index contributed by atoms with van der Waals surface area (Å²) in [7, 11) is 2.04. The molecule has 3 nitrogen and oxygen atoms in total. The molecule has 1 aliphatic rings. The monoisotopic (exact) mass is 280 g/mol. The van der Waals surface area contributed by atoms with Crippen LogP contribution in [0, 0.1) is 12.7 Å². The molecule has 112 valence electrons. The SMILES string of the molecule is CCCNCC1OCCN(C)C1c1cc(C)ccc1F. The van der Waals surface area contributed by atoms with E-state index < -0.39 is 0 Å². The number of nitrogens with one attached hydrogen (secondary N) is 1. The van der Waals surface area contributed by atoms with Gasteiger partial charge in [-0.3, -0.25) is 4.90 Å². The maximum atomic E-state index is 14.2. The Hall–Kier alpha value is -0.970. The Morgan fingerprint density at radius 3 is 3.00 bits per heavy atom. The molecule has 2 unspecified atom stereocenters. The van der Waals surface area contributed by atoms with Gasteiger partial charge in [0.25, 0.3) is 0 Å². The molecule has 1 aromatic carbocycles. The summed E-state index contributed by atoms with van der Waals surface area (Å²) < 4.78 is 20.1. The average Bonchev–Trinajstić information content (AvgIpc) is 2.42. The Morgan fingerprint density at radius 1 is 1.45 bits per heavy atom. The van der Waals surface area contributed by atoms with Crippen molar-refractivity contribution in [2.75, 3.05) is 33.3 Å². The lowest BCUT2D eigenvalue weighted by Crippen LogP contribution is -2.47. The predicted molar refractivity (Wildman–Crippen MR) is 79.4 cm³/mol. The number of hydrogen-bond acceptors (Lipinski definition) is 3. The number of halogens is 1. The molecule has 1 aromatic rings. The maximum absolute atomic E-state index is 14.2. The minimum absolute atomic E-state index is 0.00315. The molecule has 4 heteroatoms. The van der Waals surface area contributed by atoms with Gasteiger partial charge in [0.05, 0.1) is 18.8 Å². The summed E-state index contributed by atoms with van der Waals surface area (Å²) in [6, 6.07) is 5.29. The van der Waals surface area contributed by atoms with Crippen molar-refractivity contribution in [3.8, 4) is 0 Å². The van der Waals surface area contributed by atoms with E-state index in [2.05, 4.69) is 17.1 Å². The van der Waals surface area contributed by atoms with Crippen LogP contribution in [0.2, 0.25) is 0 Å². The number of nitrogens with zero attached hydrogens (tertiary/aromatic N) is 1. The van der Waals surface area contributed by atoms with Crippen LogP contribution in [-0.4, -0.2) is 44.3 Å². The van der Waals surface area contributed by atoms with Crippen LogP contribution in [-0.2, 0) is 4.74 Å². The van der Waals surface area contributed by atoms with Crippen LogP contribution in [0.1, 0.15) is 30.5 Å². The molecule has 1 fully saturated rings. The Labute approximate surface area is 121 Å². The van der Waals surface area contributed by atoms with Crippen molar-refractivity contribution < 1.29 is 9.13 Å². The normalized spacial score (nSPS) is 24.0. The number of morpholine rings is 1. The van der Waals surface area contributed by atoms with Crippen LogP contribution in [0.25, 0.3) is 0 Å². The van der Waals surface area contributed by atoms with E-state index in [0.29, 0.717) is 6.61 Å². The third-order valence-corrected chi connectivity index (χ3v) is 3.85. The molecule has 0 aliphatic carbocycles. The van der Waals surface area contributed by atoms with Crippen LogP contribution >= 0.6 is 0 Å². The molecule has 0 spiro atoms. The highest BCUT2D eigenvalue weighted by molar-refractivity contribution is 5.28. The topological polar surface area (TPSA) is 24.5 Å². The van der Waals surface area contributed by atoms with Gasteiger partial charge in [0.2, 0.25) is 0 Å². The lowest BCUT2D eigenvalue weighted by atomic mass is 9.96. The fourth-order valence-electron chi connectivity index (χ4n) is 2.78. The first-order valence-corrected chi connectivity index (χ1v) is 7.42. The largest absolute Gasteiger partial charge is 0.374 e. The fraction of sp³-hybridized carbons (Fsp3) is 0.625. The van der Waals surface area contributed by atoms with Crippen LogP contribution < -0.4 is 5.32 Å². The lowest BCUT2D eigenvalue weighted by Gasteiger charge is -2.39. The van der Waals surface area contributed by atoms with E-state index in [1.165, 1.54) is 0 Å². The first kappa shape index (κ1) is 15.4. The maximum Gasteiger partial charge on any atom is 0.128 e. The van der Waals surface area contributed by atoms with Crippen LogP contribution in [0.5, 0.6) is 0 Å². The van der Waals surface area contributed by atoms with Gasteiger partial charge in [0.15, 0.2) is 0 Å². The molecule has 0 radical (unpaired) electrons.